The van der Waals surface area contributed by atoms with Crippen LogP contribution < -0.4 is 20.1 Å². The van der Waals surface area contributed by atoms with Gasteiger partial charge >= 0.3 is 0 Å². The van der Waals surface area contributed by atoms with Crippen molar-refractivity contribution in [3.05, 3.63) is 52.0 Å². The number of aryl methyl sites for hydroxylation is 1. The molecule has 0 aliphatic carbocycles. The van der Waals surface area contributed by atoms with Crippen molar-refractivity contribution in [3.63, 3.8) is 0 Å². The molecule has 3 rings (SSSR count). The zero-order chi connectivity index (χ0) is 21.0. The summed E-state index contributed by atoms with van der Waals surface area (Å²) in [5.74, 6) is 1.15. The molecule has 0 fully saturated rings. The van der Waals surface area contributed by atoms with Crippen LogP contribution in [0.3, 0.4) is 0 Å². The van der Waals surface area contributed by atoms with Crippen molar-refractivity contribution in [1.82, 2.24) is 5.32 Å². The first-order valence-electron chi connectivity index (χ1n) is 9.60. The van der Waals surface area contributed by atoms with Crippen molar-refractivity contribution in [2.75, 3.05) is 25.1 Å². The Morgan fingerprint density at radius 2 is 1.90 bits per heavy atom. The minimum absolute atomic E-state index is 0.120. The third-order valence-electron chi connectivity index (χ3n) is 4.45. The quantitative estimate of drug-likeness (QED) is 0.746. The molecule has 0 atom stereocenters. The van der Waals surface area contributed by atoms with Crippen LogP contribution in [0.15, 0.2) is 30.3 Å². The van der Waals surface area contributed by atoms with Crippen molar-refractivity contribution < 1.29 is 19.1 Å². The number of ether oxygens (including phenoxy) is 2. The summed E-state index contributed by atoms with van der Waals surface area (Å²) in [6.45, 7) is 7.47. The zero-order valence-electron chi connectivity index (χ0n) is 16.8. The molecule has 2 aromatic carbocycles. The highest BCUT2D eigenvalue weighted by Gasteiger charge is 2.18. The molecule has 1 aliphatic rings. The van der Waals surface area contributed by atoms with Crippen LogP contribution in [0, 0.1) is 12.8 Å². The van der Waals surface area contributed by atoms with Gasteiger partial charge in [0.25, 0.3) is 5.91 Å². The number of amides is 2. The molecule has 1 heterocycles. The SMILES string of the molecule is Cc1cc(C(=O)NCC(C)C)ccc1NC(=O)Cc1cc(Cl)c2c(c1)OCCO2. The van der Waals surface area contributed by atoms with Gasteiger partial charge in [-0.25, -0.2) is 0 Å². The summed E-state index contributed by atoms with van der Waals surface area (Å²) in [4.78, 5) is 24.7. The number of rotatable bonds is 6. The summed E-state index contributed by atoms with van der Waals surface area (Å²) in [5.41, 5.74) is 2.79. The van der Waals surface area contributed by atoms with Crippen molar-refractivity contribution in [2.45, 2.75) is 27.2 Å². The number of hydrogen-bond donors (Lipinski definition) is 2. The van der Waals surface area contributed by atoms with Crippen LogP contribution in [0.25, 0.3) is 0 Å². The van der Waals surface area contributed by atoms with E-state index in [1.54, 1.807) is 30.3 Å². The average molecular weight is 417 g/mol. The van der Waals surface area contributed by atoms with E-state index in [2.05, 4.69) is 10.6 Å². The van der Waals surface area contributed by atoms with E-state index in [4.69, 9.17) is 21.1 Å². The van der Waals surface area contributed by atoms with Crippen LogP contribution in [0.5, 0.6) is 11.5 Å². The minimum Gasteiger partial charge on any atom is -0.486 e. The minimum atomic E-state index is -0.183. The predicted molar refractivity (Wildman–Crippen MR) is 113 cm³/mol. The van der Waals surface area contributed by atoms with Gasteiger partial charge in [-0.3, -0.25) is 9.59 Å². The van der Waals surface area contributed by atoms with Gasteiger partial charge in [0, 0.05) is 17.8 Å². The molecular weight excluding hydrogens is 392 g/mol. The van der Waals surface area contributed by atoms with Crippen LogP contribution in [-0.4, -0.2) is 31.6 Å². The molecule has 0 radical (unpaired) electrons. The van der Waals surface area contributed by atoms with Gasteiger partial charge in [0.2, 0.25) is 5.91 Å². The molecular formula is C22H25ClN2O4. The van der Waals surface area contributed by atoms with E-state index < -0.39 is 0 Å². The van der Waals surface area contributed by atoms with Gasteiger partial charge in [-0.1, -0.05) is 25.4 Å². The number of carbonyl (C=O) groups is 2. The summed E-state index contributed by atoms with van der Waals surface area (Å²) < 4.78 is 11.1. The first kappa shape index (κ1) is 21.0. The zero-order valence-corrected chi connectivity index (χ0v) is 17.6. The summed E-state index contributed by atoms with van der Waals surface area (Å²) >= 11 is 6.23. The summed E-state index contributed by atoms with van der Waals surface area (Å²) in [6, 6.07) is 8.71. The number of anilines is 1. The fourth-order valence-electron chi connectivity index (χ4n) is 2.99. The molecule has 1 aliphatic heterocycles. The third-order valence-corrected chi connectivity index (χ3v) is 4.74. The van der Waals surface area contributed by atoms with E-state index in [9.17, 15) is 9.59 Å². The monoisotopic (exact) mass is 416 g/mol. The number of fused-ring (bicyclic) bond motifs is 1. The van der Waals surface area contributed by atoms with Gasteiger partial charge in [-0.05, 0) is 54.3 Å². The largest absolute Gasteiger partial charge is 0.486 e. The Balaban J connectivity index is 1.65. The van der Waals surface area contributed by atoms with E-state index in [0.717, 1.165) is 11.1 Å². The molecule has 6 nitrogen and oxygen atoms in total. The van der Waals surface area contributed by atoms with Crippen LogP contribution >= 0.6 is 11.6 Å². The Hall–Kier alpha value is -2.73. The van der Waals surface area contributed by atoms with Gasteiger partial charge in [-0.15, -0.1) is 0 Å². The maximum Gasteiger partial charge on any atom is 0.251 e. The lowest BCUT2D eigenvalue weighted by molar-refractivity contribution is -0.115. The van der Waals surface area contributed by atoms with Gasteiger partial charge in [0.1, 0.15) is 13.2 Å². The Morgan fingerprint density at radius 1 is 1.14 bits per heavy atom. The van der Waals surface area contributed by atoms with Gasteiger partial charge < -0.3 is 20.1 Å². The van der Waals surface area contributed by atoms with Crippen molar-refractivity contribution >= 4 is 29.1 Å². The van der Waals surface area contributed by atoms with E-state index in [1.165, 1.54) is 0 Å². The number of nitrogens with one attached hydrogen (secondary N) is 2. The standard InChI is InChI=1S/C22H25ClN2O4/c1-13(2)12-24-22(27)16-4-5-18(14(3)8-16)25-20(26)11-15-9-17(23)21-19(10-15)28-6-7-29-21/h4-5,8-10,13H,6-7,11-12H2,1-3H3,(H,24,27)(H,25,26). The van der Waals surface area contributed by atoms with E-state index in [1.807, 2.05) is 20.8 Å². The first-order valence-corrected chi connectivity index (χ1v) is 9.98. The smallest absolute Gasteiger partial charge is 0.251 e. The number of carbonyl (C=O) groups excluding carboxylic acids is 2. The Bertz CT molecular complexity index is 927. The fourth-order valence-corrected chi connectivity index (χ4v) is 3.28. The molecule has 154 valence electrons. The Morgan fingerprint density at radius 3 is 2.62 bits per heavy atom. The fraction of sp³-hybridized carbons (Fsp3) is 0.364. The number of hydrogen-bond acceptors (Lipinski definition) is 4. The number of halogens is 1. The van der Waals surface area contributed by atoms with Crippen molar-refractivity contribution in [1.29, 1.82) is 0 Å². The highest BCUT2D eigenvalue weighted by Crippen LogP contribution is 2.38. The van der Waals surface area contributed by atoms with Crippen LogP contribution in [-0.2, 0) is 11.2 Å². The van der Waals surface area contributed by atoms with Crippen LogP contribution in [0.1, 0.15) is 35.3 Å². The second kappa shape index (κ2) is 9.18. The molecule has 0 aromatic heterocycles. The highest BCUT2D eigenvalue weighted by molar-refractivity contribution is 6.32. The molecule has 7 heteroatoms. The van der Waals surface area contributed by atoms with Gasteiger partial charge in [0.05, 0.1) is 11.4 Å². The topological polar surface area (TPSA) is 76.7 Å². The molecule has 0 bridgehead atoms. The summed E-state index contributed by atoms with van der Waals surface area (Å²) in [5, 5.41) is 6.21. The molecule has 0 saturated carbocycles. The molecule has 29 heavy (non-hydrogen) atoms. The van der Waals surface area contributed by atoms with Crippen LogP contribution in [0.4, 0.5) is 5.69 Å². The van der Waals surface area contributed by atoms with Crippen LogP contribution in [0.2, 0.25) is 5.02 Å². The molecule has 0 saturated heterocycles. The van der Waals surface area contributed by atoms with Crippen molar-refractivity contribution in [2.24, 2.45) is 5.92 Å². The van der Waals surface area contributed by atoms with E-state index in [0.29, 0.717) is 53.4 Å². The van der Waals surface area contributed by atoms with Gasteiger partial charge in [-0.2, -0.15) is 0 Å². The Labute approximate surface area is 175 Å². The van der Waals surface area contributed by atoms with Gasteiger partial charge in [0.15, 0.2) is 11.5 Å². The molecule has 0 spiro atoms. The maximum absolute atomic E-state index is 12.5. The highest BCUT2D eigenvalue weighted by atomic mass is 35.5. The first-order chi connectivity index (χ1) is 13.8. The van der Waals surface area contributed by atoms with E-state index in [-0.39, 0.29) is 18.2 Å². The van der Waals surface area contributed by atoms with Crippen molar-refractivity contribution in [3.8, 4) is 11.5 Å². The predicted octanol–water partition coefficient (Wildman–Crippen LogP) is 3.99. The number of benzene rings is 2. The van der Waals surface area contributed by atoms with E-state index >= 15 is 0 Å². The third kappa shape index (κ3) is 5.41. The normalized spacial score (nSPS) is 12.6. The second-order valence-corrected chi connectivity index (χ2v) is 7.87. The second-order valence-electron chi connectivity index (χ2n) is 7.46. The lowest BCUT2D eigenvalue weighted by Gasteiger charge is -2.20. The summed E-state index contributed by atoms with van der Waals surface area (Å²) in [7, 11) is 0. The lowest BCUT2D eigenvalue weighted by Crippen LogP contribution is -2.27. The molecule has 2 N–H and O–H groups in total. The maximum atomic E-state index is 12.5. The molecule has 2 amide bonds. The Kier molecular flexibility index (Phi) is 6.64. The lowest BCUT2D eigenvalue weighted by atomic mass is 10.1. The molecule has 2 aromatic rings. The average Bonchev–Trinajstić information content (AvgIpc) is 2.67. The summed E-state index contributed by atoms with van der Waals surface area (Å²) in [6.07, 6.45) is 0.145. The molecule has 0 unspecified atom stereocenters.